The molecular weight excluding hydrogens is 594 g/mol. The lowest BCUT2D eigenvalue weighted by atomic mass is 9.81. The average molecular weight is 636 g/mol. The summed E-state index contributed by atoms with van der Waals surface area (Å²) in [5.74, 6) is 0.0718. The van der Waals surface area contributed by atoms with E-state index in [1.165, 1.54) is 20.5 Å². The van der Waals surface area contributed by atoms with Gasteiger partial charge < -0.3 is 18.9 Å². The average Bonchev–Trinajstić information content (AvgIpc) is 3.22. The summed E-state index contributed by atoms with van der Waals surface area (Å²) >= 11 is 0. The molecular formula is C33H41N5O6S. The van der Waals surface area contributed by atoms with Crippen LogP contribution >= 0.6 is 0 Å². The monoisotopic (exact) mass is 635 g/mol. The molecule has 4 heterocycles. The van der Waals surface area contributed by atoms with Crippen LogP contribution in [0.2, 0.25) is 0 Å². The van der Waals surface area contributed by atoms with Gasteiger partial charge in [0.25, 0.3) is 11.8 Å². The van der Waals surface area contributed by atoms with Gasteiger partial charge in [0.1, 0.15) is 17.1 Å². The lowest BCUT2D eigenvalue weighted by molar-refractivity contribution is -0.139. The van der Waals surface area contributed by atoms with E-state index in [1.54, 1.807) is 13.2 Å². The van der Waals surface area contributed by atoms with Crippen molar-refractivity contribution < 1.29 is 27.5 Å². The van der Waals surface area contributed by atoms with Crippen LogP contribution in [0, 0.1) is 0 Å². The number of nitrogens with one attached hydrogen (secondary N) is 1. The Balaban J connectivity index is 1.55. The molecule has 0 unspecified atom stereocenters. The fourth-order valence-electron chi connectivity index (χ4n) is 6.96. The van der Waals surface area contributed by atoms with Crippen LogP contribution in [0.3, 0.4) is 0 Å². The molecule has 2 aliphatic heterocycles. The fraction of sp³-hybridized carbons (Fsp3) is 0.485. The van der Waals surface area contributed by atoms with Crippen molar-refractivity contribution in [1.29, 1.82) is 0 Å². The Morgan fingerprint density at radius 3 is 2.42 bits per heavy atom. The van der Waals surface area contributed by atoms with Gasteiger partial charge in [0.05, 0.1) is 31.6 Å². The molecule has 0 radical (unpaired) electrons. The molecule has 0 bridgehead atoms. The topological polar surface area (TPSA) is 123 Å². The van der Waals surface area contributed by atoms with E-state index in [9.17, 15) is 18.0 Å². The van der Waals surface area contributed by atoms with E-state index in [2.05, 4.69) is 4.72 Å². The number of aromatic nitrogens is 2. The van der Waals surface area contributed by atoms with Crippen molar-refractivity contribution in [2.45, 2.75) is 70.6 Å². The summed E-state index contributed by atoms with van der Waals surface area (Å²) < 4.78 is 41.5. The Bertz CT molecular complexity index is 1780. The summed E-state index contributed by atoms with van der Waals surface area (Å²) in [5, 5.41) is 0.910. The van der Waals surface area contributed by atoms with Crippen LogP contribution in [-0.4, -0.2) is 85.5 Å². The number of pyridine rings is 1. The Kier molecular flexibility index (Phi) is 8.49. The second kappa shape index (κ2) is 12.2. The lowest BCUT2D eigenvalue weighted by Gasteiger charge is -2.35. The zero-order valence-corrected chi connectivity index (χ0v) is 27.3. The molecule has 6 rings (SSSR count). The quantitative estimate of drug-likeness (QED) is 0.428. The second-order valence-corrected chi connectivity index (χ2v) is 14.4. The van der Waals surface area contributed by atoms with E-state index in [0.29, 0.717) is 30.1 Å². The molecule has 1 aromatic carbocycles. The zero-order chi connectivity index (χ0) is 32.0. The summed E-state index contributed by atoms with van der Waals surface area (Å²) in [6.07, 6.45) is 7.28. The maximum Gasteiger partial charge on any atom is 0.303 e. The molecule has 240 valence electrons. The number of ether oxygens (including phenoxy) is 2. The van der Waals surface area contributed by atoms with Crippen molar-refractivity contribution in [3.05, 3.63) is 52.7 Å². The normalized spacial score (nSPS) is 20.8. The number of benzene rings is 1. The van der Waals surface area contributed by atoms with Crippen LogP contribution in [0.1, 0.15) is 73.5 Å². The highest BCUT2D eigenvalue weighted by molar-refractivity contribution is 7.87. The lowest BCUT2D eigenvalue weighted by Crippen LogP contribution is -2.48. The predicted molar refractivity (Wildman–Crippen MR) is 172 cm³/mol. The van der Waals surface area contributed by atoms with Crippen LogP contribution in [0.4, 0.5) is 0 Å². The molecule has 12 heteroatoms. The van der Waals surface area contributed by atoms with E-state index in [-0.39, 0.29) is 36.3 Å². The molecule has 1 saturated heterocycles. The predicted octanol–water partition coefficient (Wildman–Crippen LogP) is 4.33. The number of methoxy groups -OCH3 is 1. The highest BCUT2D eigenvalue weighted by Gasteiger charge is 2.34. The minimum Gasteiger partial charge on any atom is -0.497 e. The number of fused-ring (bicyclic) bond motifs is 5. The number of hydrogen-bond donors (Lipinski definition) is 1. The number of rotatable bonds is 6. The highest BCUT2D eigenvalue weighted by atomic mass is 32.2. The number of hydrogen-bond acceptors (Lipinski definition) is 7. The zero-order valence-electron chi connectivity index (χ0n) is 26.5. The van der Waals surface area contributed by atoms with Crippen LogP contribution in [-0.2, 0) is 26.3 Å². The molecule has 0 spiro atoms. The molecule has 11 nitrogen and oxygen atoms in total. The third-order valence-corrected chi connectivity index (χ3v) is 10.5. The highest BCUT2D eigenvalue weighted by Crippen LogP contribution is 2.46. The third kappa shape index (κ3) is 5.98. The van der Waals surface area contributed by atoms with Gasteiger partial charge in [0, 0.05) is 43.7 Å². The van der Waals surface area contributed by atoms with Gasteiger partial charge in [-0.05, 0) is 80.1 Å². The second-order valence-electron chi connectivity index (χ2n) is 12.6. The number of carbonyl (C=O) groups is 2. The van der Waals surface area contributed by atoms with E-state index < -0.39 is 16.1 Å². The maximum absolute atomic E-state index is 14.2. The molecule has 2 fully saturated rings. The van der Waals surface area contributed by atoms with Crippen LogP contribution < -0.4 is 9.46 Å². The molecule has 1 saturated carbocycles. The van der Waals surface area contributed by atoms with E-state index >= 15 is 0 Å². The molecule has 2 aromatic heterocycles. The Morgan fingerprint density at radius 2 is 1.76 bits per heavy atom. The number of morpholine rings is 1. The van der Waals surface area contributed by atoms with E-state index in [4.69, 9.17) is 14.5 Å². The smallest absolute Gasteiger partial charge is 0.303 e. The maximum atomic E-state index is 14.2. The van der Waals surface area contributed by atoms with Crippen LogP contribution in [0.15, 0.2) is 35.9 Å². The third-order valence-electron chi connectivity index (χ3n) is 9.05. The van der Waals surface area contributed by atoms with Gasteiger partial charge in [-0.1, -0.05) is 19.3 Å². The van der Waals surface area contributed by atoms with Gasteiger partial charge in [0.15, 0.2) is 0 Å². The van der Waals surface area contributed by atoms with Crippen molar-refractivity contribution in [3.8, 4) is 17.0 Å². The molecule has 1 N–H and O–H groups in total. The minimum absolute atomic E-state index is 0.0182. The van der Waals surface area contributed by atoms with Gasteiger partial charge >= 0.3 is 10.2 Å². The Labute approximate surface area is 264 Å². The molecule has 1 aliphatic carbocycles. The van der Waals surface area contributed by atoms with Crippen molar-refractivity contribution in [2.75, 3.05) is 34.3 Å². The van der Waals surface area contributed by atoms with Crippen molar-refractivity contribution in [1.82, 2.24) is 23.5 Å². The number of amides is 2. The SMILES string of the molecule is COc1ccc2c(c1)C=C(C(=O)N1C[C@@H](C)O[C@@H](C)C1)Cn1c-2c(C2CCCCC2)c2ccc(C(=O)NS(=O)(=O)N(C)C)nc21. The molecule has 3 aliphatic rings. The van der Waals surface area contributed by atoms with Crippen molar-refractivity contribution in [2.24, 2.45) is 0 Å². The van der Waals surface area contributed by atoms with Crippen molar-refractivity contribution >= 4 is 39.1 Å². The standard InChI is InChI=1S/C33H41N5O6S/c1-20-17-37(18-21(2)44-20)33(40)24-15-23-16-25(43-5)11-12-26(23)30-29(22-9-7-6-8-10-22)27-13-14-28(34-31(27)38(30)19-24)32(39)35-45(41,42)36(3)4/h11-16,20-22H,6-10,17-19H2,1-5H3,(H,35,39)/t20-,21+. The first-order chi connectivity index (χ1) is 21.5. The Morgan fingerprint density at radius 1 is 1.04 bits per heavy atom. The Hall–Kier alpha value is -3.74. The first-order valence-corrected chi connectivity index (χ1v) is 17.0. The van der Waals surface area contributed by atoms with Gasteiger partial charge in [0.2, 0.25) is 0 Å². The first-order valence-electron chi connectivity index (χ1n) is 15.6. The van der Waals surface area contributed by atoms with Gasteiger partial charge in [-0.25, -0.2) is 9.71 Å². The summed E-state index contributed by atoms with van der Waals surface area (Å²) in [4.78, 5) is 34.0. The van der Waals surface area contributed by atoms with Crippen LogP contribution in [0.5, 0.6) is 5.75 Å². The van der Waals surface area contributed by atoms with E-state index in [0.717, 1.165) is 57.8 Å². The van der Waals surface area contributed by atoms with Gasteiger partial charge in [-0.2, -0.15) is 12.7 Å². The largest absolute Gasteiger partial charge is 0.497 e. The van der Waals surface area contributed by atoms with Gasteiger partial charge in [-0.15, -0.1) is 0 Å². The molecule has 2 atom stereocenters. The minimum atomic E-state index is -4.02. The number of nitrogens with zero attached hydrogens (tertiary/aromatic N) is 4. The molecule has 2 amide bonds. The number of carbonyl (C=O) groups excluding carboxylic acids is 2. The fourth-order valence-corrected chi connectivity index (χ4v) is 7.48. The summed E-state index contributed by atoms with van der Waals surface area (Å²) in [5.41, 5.74) is 5.09. The summed E-state index contributed by atoms with van der Waals surface area (Å²) in [7, 11) is 0.311. The van der Waals surface area contributed by atoms with Crippen LogP contribution in [0.25, 0.3) is 28.4 Å². The van der Waals surface area contributed by atoms with E-state index in [1.807, 2.05) is 53.7 Å². The van der Waals surface area contributed by atoms with Crippen molar-refractivity contribution in [3.63, 3.8) is 0 Å². The molecule has 3 aromatic rings. The summed E-state index contributed by atoms with van der Waals surface area (Å²) in [6.45, 7) is 5.15. The van der Waals surface area contributed by atoms with Gasteiger partial charge in [-0.3, -0.25) is 9.59 Å². The summed E-state index contributed by atoms with van der Waals surface area (Å²) in [6, 6.07) is 9.39. The first kappa shape index (κ1) is 31.3. The molecule has 45 heavy (non-hydrogen) atoms.